The van der Waals surface area contributed by atoms with Crippen LogP contribution in [0, 0.1) is 11.8 Å². The molecule has 1 atom stereocenters. The second-order valence-corrected chi connectivity index (χ2v) is 11.1. The number of benzene rings is 1. The number of hydrogen-bond acceptors (Lipinski definition) is 5. The highest BCUT2D eigenvalue weighted by Gasteiger charge is 2.30. The summed E-state index contributed by atoms with van der Waals surface area (Å²) in [5.74, 6) is 0.540. The van der Waals surface area contributed by atoms with Crippen LogP contribution < -0.4 is 5.32 Å². The van der Waals surface area contributed by atoms with E-state index in [1.807, 2.05) is 24.4 Å². The van der Waals surface area contributed by atoms with Gasteiger partial charge < -0.3 is 15.2 Å². The minimum absolute atomic E-state index is 0.00805. The van der Waals surface area contributed by atoms with E-state index in [2.05, 4.69) is 22.2 Å². The zero-order valence-corrected chi connectivity index (χ0v) is 19.9. The molecule has 2 N–H and O–H groups in total. The minimum Gasteiger partial charge on any atom is -0.346 e. The van der Waals surface area contributed by atoms with Gasteiger partial charge in [0.25, 0.3) is 5.91 Å². The zero-order chi connectivity index (χ0) is 24.0. The first kappa shape index (κ1) is 22.3. The number of anilines is 1. The summed E-state index contributed by atoms with van der Waals surface area (Å²) in [5, 5.41) is 3.91. The first-order valence-electron chi connectivity index (χ1n) is 11.3. The molecule has 0 saturated heterocycles. The summed E-state index contributed by atoms with van der Waals surface area (Å²) < 4.78 is 23.4. The van der Waals surface area contributed by atoms with Crippen LogP contribution in [0.1, 0.15) is 35.7 Å². The molecule has 9 heteroatoms. The van der Waals surface area contributed by atoms with Crippen molar-refractivity contribution in [2.45, 2.75) is 24.7 Å². The smallest absolute Gasteiger partial charge is 0.254 e. The predicted octanol–water partition coefficient (Wildman–Crippen LogP) is 3.49. The molecule has 3 heterocycles. The molecule has 176 valence electrons. The Morgan fingerprint density at radius 1 is 1.15 bits per heavy atom. The van der Waals surface area contributed by atoms with Gasteiger partial charge in [0.1, 0.15) is 11.5 Å². The van der Waals surface area contributed by atoms with Crippen LogP contribution >= 0.6 is 0 Å². The van der Waals surface area contributed by atoms with Crippen molar-refractivity contribution >= 4 is 44.1 Å². The normalized spacial score (nSPS) is 18.6. The third-order valence-electron chi connectivity index (χ3n) is 6.41. The Kier molecular flexibility index (Phi) is 5.51. The SMILES string of the molecule is CC1CN(C(=O)c2ccc(S(C)(=O)=O)cc2)CC=C1c1cc(NC(=O)C2CC2)nc2[nH]ccc12. The number of rotatable bonds is 5. The number of fused-ring (bicyclic) bond motifs is 1. The lowest BCUT2D eigenvalue weighted by Gasteiger charge is -2.32. The van der Waals surface area contributed by atoms with Crippen LogP contribution in [0.25, 0.3) is 16.6 Å². The van der Waals surface area contributed by atoms with E-state index in [1.165, 1.54) is 12.1 Å². The van der Waals surface area contributed by atoms with Crippen LogP contribution in [-0.2, 0) is 14.6 Å². The quantitative estimate of drug-likeness (QED) is 0.583. The number of aromatic nitrogens is 2. The van der Waals surface area contributed by atoms with Crippen molar-refractivity contribution in [1.82, 2.24) is 14.9 Å². The molecule has 1 aromatic carbocycles. The van der Waals surface area contributed by atoms with E-state index in [0.29, 0.717) is 30.1 Å². The first-order valence-corrected chi connectivity index (χ1v) is 13.2. The number of carbonyl (C=O) groups excluding carboxylic acids is 2. The van der Waals surface area contributed by atoms with Crippen molar-refractivity contribution in [3.05, 3.63) is 59.8 Å². The van der Waals surface area contributed by atoms with Gasteiger partial charge in [-0.2, -0.15) is 0 Å². The maximum atomic E-state index is 13.1. The van der Waals surface area contributed by atoms with Crippen LogP contribution in [0.4, 0.5) is 5.82 Å². The molecule has 2 aromatic heterocycles. The molecule has 0 radical (unpaired) electrons. The average molecular weight is 479 g/mol. The number of nitrogens with one attached hydrogen (secondary N) is 2. The first-order chi connectivity index (χ1) is 16.2. The van der Waals surface area contributed by atoms with Crippen molar-refractivity contribution in [2.75, 3.05) is 24.7 Å². The fourth-order valence-electron chi connectivity index (χ4n) is 4.40. The zero-order valence-electron chi connectivity index (χ0n) is 19.0. The van der Waals surface area contributed by atoms with Gasteiger partial charge in [-0.1, -0.05) is 13.0 Å². The lowest BCUT2D eigenvalue weighted by molar-refractivity contribution is -0.117. The monoisotopic (exact) mass is 478 g/mol. The summed E-state index contributed by atoms with van der Waals surface area (Å²) in [5.41, 5.74) is 3.26. The Morgan fingerprint density at radius 3 is 2.53 bits per heavy atom. The summed E-state index contributed by atoms with van der Waals surface area (Å²) in [6.07, 6.45) is 6.87. The molecule has 1 unspecified atom stereocenters. The predicted molar refractivity (Wildman–Crippen MR) is 130 cm³/mol. The Bertz CT molecular complexity index is 1420. The molecule has 0 spiro atoms. The highest BCUT2D eigenvalue weighted by molar-refractivity contribution is 7.90. The molecule has 1 fully saturated rings. The molecule has 2 amide bonds. The average Bonchev–Trinajstić information content (AvgIpc) is 3.55. The van der Waals surface area contributed by atoms with E-state index in [4.69, 9.17) is 0 Å². The second kappa shape index (κ2) is 8.39. The van der Waals surface area contributed by atoms with Crippen LogP contribution in [0.5, 0.6) is 0 Å². The molecule has 1 aliphatic carbocycles. The number of hydrogen-bond donors (Lipinski definition) is 2. The molecule has 0 bridgehead atoms. The Hall–Kier alpha value is -3.46. The van der Waals surface area contributed by atoms with Gasteiger partial charge in [-0.15, -0.1) is 0 Å². The molecular weight excluding hydrogens is 452 g/mol. The van der Waals surface area contributed by atoms with Crippen molar-refractivity contribution in [1.29, 1.82) is 0 Å². The molecule has 2 aliphatic rings. The van der Waals surface area contributed by atoms with Gasteiger partial charge in [0.05, 0.1) is 4.90 Å². The van der Waals surface area contributed by atoms with E-state index < -0.39 is 9.84 Å². The van der Waals surface area contributed by atoms with E-state index in [1.54, 1.807) is 17.0 Å². The molecule has 5 rings (SSSR count). The molecule has 1 saturated carbocycles. The van der Waals surface area contributed by atoms with Crippen molar-refractivity contribution in [3.8, 4) is 0 Å². The standard InChI is InChI=1S/C25H26N4O4S/c1-15-14-29(25(31)17-5-7-18(8-6-17)34(2,32)33)12-10-19(15)21-13-22(28-24(30)16-3-4-16)27-23-20(21)9-11-26-23/h5-11,13,15-16H,3-4,12,14H2,1-2H3,(H2,26,27,28,30). The second-order valence-electron chi connectivity index (χ2n) is 9.13. The summed E-state index contributed by atoms with van der Waals surface area (Å²) in [4.78, 5) is 35.0. The molecule has 8 nitrogen and oxygen atoms in total. The molecule has 1 aliphatic heterocycles. The largest absolute Gasteiger partial charge is 0.346 e. The van der Waals surface area contributed by atoms with Crippen molar-refractivity contribution in [2.24, 2.45) is 11.8 Å². The van der Waals surface area contributed by atoms with Crippen LogP contribution in [0.2, 0.25) is 0 Å². The number of H-pyrrole nitrogens is 1. The van der Waals surface area contributed by atoms with E-state index in [-0.39, 0.29) is 28.5 Å². The van der Waals surface area contributed by atoms with Gasteiger partial charge in [-0.05, 0) is 66.3 Å². The molecular formula is C25H26N4O4S. The third kappa shape index (κ3) is 4.35. The number of pyridine rings is 1. The Labute approximate surface area is 198 Å². The van der Waals surface area contributed by atoms with Crippen LogP contribution in [0.3, 0.4) is 0 Å². The Balaban J connectivity index is 1.40. The van der Waals surface area contributed by atoms with E-state index in [9.17, 15) is 18.0 Å². The maximum Gasteiger partial charge on any atom is 0.254 e. The van der Waals surface area contributed by atoms with Crippen LogP contribution in [-0.4, -0.2) is 54.4 Å². The Morgan fingerprint density at radius 2 is 1.88 bits per heavy atom. The summed E-state index contributed by atoms with van der Waals surface area (Å²) in [6.45, 7) is 3.03. The van der Waals surface area contributed by atoms with Crippen molar-refractivity contribution < 1.29 is 18.0 Å². The van der Waals surface area contributed by atoms with Gasteiger partial charge in [0, 0.05) is 42.4 Å². The lowest BCUT2D eigenvalue weighted by atomic mass is 9.89. The number of carbonyl (C=O) groups is 2. The lowest BCUT2D eigenvalue weighted by Crippen LogP contribution is -2.38. The fraction of sp³-hybridized carbons (Fsp3) is 0.320. The van der Waals surface area contributed by atoms with E-state index >= 15 is 0 Å². The fourth-order valence-corrected chi connectivity index (χ4v) is 5.03. The van der Waals surface area contributed by atoms with Gasteiger partial charge in [0.15, 0.2) is 9.84 Å². The molecule has 3 aromatic rings. The van der Waals surface area contributed by atoms with Crippen molar-refractivity contribution in [3.63, 3.8) is 0 Å². The van der Waals surface area contributed by atoms with Gasteiger partial charge in [-0.25, -0.2) is 13.4 Å². The number of sulfone groups is 1. The van der Waals surface area contributed by atoms with Gasteiger partial charge >= 0.3 is 0 Å². The maximum absolute atomic E-state index is 13.1. The minimum atomic E-state index is -3.31. The summed E-state index contributed by atoms with van der Waals surface area (Å²) in [6, 6.07) is 9.94. The highest BCUT2D eigenvalue weighted by Crippen LogP contribution is 2.35. The van der Waals surface area contributed by atoms with Gasteiger partial charge in [-0.3, -0.25) is 9.59 Å². The topological polar surface area (TPSA) is 112 Å². The summed E-state index contributed by atoms with van der Waals surface area (Å²) >= 11 is 0. The number of amides is 2. The van der Waals surface area contributed by atoms with Crippen LogP contribution in [0.15, 0.2) is 53.6 Å². The van der Waals surface area contributed by atoms with Gasteiger partial charge in [0.2, 0.25) is 5.91 Å². The number of aromatic amines is 1. The highest BCUT2D eigenvalue weighted by atomic mass is 32.2. The third-order valence-corrected chi connectivity index (χ3v) is 7.54. The summed E-state index contributed by atoms with van der Waals surface area (Å²) in [7, 11) is -3.31. The molecule has 34 heavy (non-hydrogen) atoms. The number of nitrogens with zero attached hydrogens (tertiary/aromatic N) is 2. The van der Waals surface area contributed by atoms with E-state index in [0.717, 1.165) is 35.6 Å².